The molecule has 0 amide bonds. The lowest BCUT2D eigenvalue weighted by Gasteiger charge is -2.36. The molecular weight excluding hydrogens is 242 g/mol. The molecule has 0 radical (unpaired) electrons. The van der Waals surface area contributed by atoms with Gasteiger partial charge in [0.1, 0.15) is 0 Å². The minimum absolute atomic E-state index is 0.744. The van der Waals surface area contributed by atoms with E-state index in [4.69, 9.17) is 0 Å². The molecule has 0 spiro atoms. The molecule has 2 aliphatic rings. The first kappa shape index (κ1) is 12.4. The normalized spacial score (nSPS) is 32.4. The summed E-state index contributed by atoms with van der Waals surface area (Å²) in [5.41, 5.74) is 1.56. The molecule has 0 aromatic heterocycles. The Labute approximate surface area is 121 Å². The topological polar surface area (TPSA) is 3.24 Å². The number of nitrogens with zero attached hydrogens (tertiary/aromatic N) is 1. The van der Waals surface area contributed by atoms with E-state index in [0.717, 1.165) is 23.8 Å². The van der Waals surface area contributed by atoms with Gasteiger partial charge in [0.05, 0.1) is 0 Å². The molecule has 0 saturated heterocycles. The van der Waals surface area contributed by atoms with Crippen LogP contribution in [0.15, 0.2) is 42.5 Å². The molecule has 20 heavy (non-hydrogen) atoms. The monoisotopic (exact) mass is 265 g/mol. The Bertz CT molecular complexity index is 630. The van der Waals surface area contributed by atoms with E-state index in [1.165, 1.54) is 30.0 Å². The molecule has 2 aliphatic carbocycles. The Morgan fingerprint density at radius 2 is 1.65 bits per heavy atom. The van der Waals surface area contributed by atoms with Crippen molar-refractivity contribution < 1.29 is 0 Å². The average molecular weight is 265 g/mol. The zero-order chi connectivity index (χ0) is 13.7. The van der Waals surface area contributed by atoms with Gasteiger partial charge in [-0.15, -0.1) is 0 Å². The highest BCUT2D eigenvalue weighted by Gasteiger charge is 2.48. The molecule has 0 aliphatic heterocycles. The molecular formula is C19H23N. The molecule has 4 atom stereocenters. The summed E-state index contributed by atoms with van der Waals surface area (Å²) in [6.07, 6.45) is 4.32. The Morgan fingerprint density at radius 3 is 2.45 bits per heavy atom. The van der Waals surface area contributed by atoms with E-state index in [2.05, 4.69) is 61.5 Å². The van der Waals surface area contributed by atoms with Crippen LogP contribution in [0.25, 0.3) is 10.8 Å². The maximum absolute atomic E-state index is 2.48. The van der Waals surface area contributed by atoms with Gasteiger partial charge in [-0.2, -0.15) is 0 Å². The van der Waals surface area contributed by atoms with Crippen LogP contribution in [0.3, 0.4) is 0 Å². The van der Waals surface area contributed by atoms with Gasteiger partial charge >= 0.3 is 0 Å². The number of hydrogen-bond acceptors (Lipinski definition) is 1. The van der Waals surface area contributed by atoms with Gasteiger partial charge in [-0.3, -0.25) is 0 Å². The minimum Gasteiger partial charge on any atom is -0.306 e. The van der Waals surface area contributed by atoms with Crippen LogP contribution in [0.4, 0.5) is 0 Å². The molecule has 2 aromatic rings. The molecule has 2 bridgehead atoms. The smallest absolute Gasteiger partial charge is 0.0189 e. The van der Waals surface area contributed by atoms with E-state index in [9.17, 15) is 0 Å². The number of benzene rings is 2. The minimum atomic E-state index is 0.744. The van der Waals surface area contributed by atoms with Crippen molar-refractivity contribution >= 4 is 10.8 Å². The van der Waals surface area contributed by atoms with Gasteiger partial charge in [0, 0.05) is 12.0 Å². The van der Waals surface area contributed by atoms with Crippen LogP contribution in [0.5, 0.6) is 0 Å². The van der Waals surface area contributed by atoms with Crippen molar-refractivity contribution in [2.24, 2.45) is 11.8 Å². The van der Waals surface area contributed by atoms with Crippen LogP contribution in [0.2, 0.25) is 0 Å². The van der Waals surface area contributed by atoms with Gasteiger partial charge < -0.3 is 4.90 Å². The van der Waals surface area contributed by atoms with E-state index in [0.29, 0.717) is 0 Å². The maximum atomic E-state index is 2.48. The SMILES string of the molecule is CN(C)[C@H]1[C@H]2CC[C@@H](C2)[C@H]1c1ccc2ccccc2c1. The Morgan fingerprint density at radius 1 is 0.900 bits per heavy atom. The second-order valence-electron chi connectivity index (χ2n) is 6.92. The zero-order valence-corrected chi connectivity index (χ0v) is 12.4. The van der Waals surface area contributed by atoms with Crippen molar-refractivity contribution in [2.45, 2.75) is 31.2 Å². The van der Waals surface area contributed by atoms with Crippen molar-refractivity contribution in [3.8, 4) is 0 Å². The summed E-state index contributed by atoms with van der Waals surface area (Å²) >= 11 is 0. The average Bonchev–Trinajstić information content (AvgIpc) is 3.07. The van der Waals surface area contributed by atoms with Crippen LogP contribution in [-0.2, 0) is 0 Å². The molecule has 104 valence electrons. The number of hydrogen-bond donors (Lipinski definition) is 0. The van der Waals surface area contributed by atoms with Crippen LogP contribution in [0, 0.1) is 11.8 Å². The van der Waals surface area contributed by atoms with E-state index >= 15 is 0 Å². The second-order valence-corrected chi connectivity index (χ2v) is 6.92. The summed E-state index contributed by atoms with van der Waals surface area (Å²) in [5.74, 6) is 2.58. The highest BCUT2D eigenvalue weighted by atomic mass is 15.1. The summed E-state index contributed by atoms with van der Waals surface area (Å²) in [6, 6.07) is 16.6. The third kappa shape index (κ3) is 1.80. The van der Waals surface area contributed by atoms with E-state index in [-0.39, 0.29) is 0 Å². The summed E-state index contributed by atoms with van der Waals surface area (Å²) in [6.45, 7) is 0. The number of rotatable bonds is 2. The summed E-state index contributed by atoms with van der Waals surface area (Å²) < 4.78 is 0. The fourth-order valence-electron chi connectivity index (χ4n) is 4.89. The number of likely N-dealkylation sites (N-methyl/N-ethyl adjacent to an activating group) is 1. The summed E-state index contributed by atoms with van der Waals surface area (Å²) in [5, 5.41) is 2.76. The third-order valence-corrected chi connectivity index (χ3v) is 5.63. The molecule has 2 saturated carbocycles. The van der Waals surface area contributed by atoms with Gasteiger partial charge in [-0.05, 0) is 61.5 Å². The summed E-state index contributed by atoms with van der Waals surface area (Å²) in [7, 11) is 4.53. The largest absolute Gasteiger partial charge is 0.306 e. The van der Waals surface area contributed by atoms with Gasteiger partial charge in [-0.25, -0.2) is 0 Å². The van der Waals surface area contributed by atoms with Crippen molar-refractivity contribution in [3.63, 3.8) is 0 Å². The lowest BCUT2D eigenvalue weighted by Crippen LogP contribution is -2.38. The van der Waals surface area contributed by atoms with E-state index < -0.39 is 0 Å². The molecule has 2 aromatic carbocycles. The van der Waals surface area contributed by atoms with E-state index in [1.807, 2.05) is 0 Å². The molecule has 4 rings (SSSR count). The zero-order valence-electron chi connectivity index (χ0n) is 12.4. The third-order valence-electron chi connectivity index (χ3n) is 5.63. The molecule has 0 unspecified atom stereocenters. The van der Waals surface area contributed by atoms with E-state index in [1.54, 1.807) is 5.56 Å². The predicted octanol–water partition coefficient (Wildman–Crippen LogP) is 4.28. The first-order valence-electron chi connectivity index (χ1n) is 7.89. The van der Waals surface area contributed by atoms with Gasteiger partial charge in [0.25, 0.3) is 0 Å². The highest BCUT2D eigenvalue weighted by molar-refractivity contribution is 5.83. The Hall–Kier alpha value is -1.34. The van der Waals surface area contributed by atoms with Gasteiger partial charge in [-0.1, -0.05) is 42.5 Å². The van der Waals surface area contributed by atoms with Crippen LogP contribution < -0.4 is 0 Å². The molecule has 0 N–H and O–H groups in total. The highest BCUT2D eigenvalue weighted by Crippen LogP contribution is 2.54. The molecule has 0 heterocycles. The Kier molecular flexibility index (Phi) is 2.85. The van der Waals surface area contributed by atoms with Crippen molar-refractivity contribution in [3.05, 3.63) is 48.0 Å². The predicted molar refractivity (Wildman–Crippen MR) is 85.0 cm³/mol. The van der Waals surface area contributed by atoms with Crippen LogP contribution in [-0.4, -0.2) is 25.0 Å². The maximum Gasteiger partial charge on any atom is 0.0189 e. The molecule has 1 heteroatoms. The molecule has 2 fully saturated rings. The van der Waals surface area contributed by atoms with Gasteiger partial charge in [0.15, 0.2) is 0 Å². The summed E-state index contributed by atoms with van der Waals surface area (Å²) in [4.78, 5) is 2.48. The quantitative estimate of drug-likeness (QED) is 0.783. The second kappa shape index (κ2) is 4.60. The fourth-order valence-corrected chi connectivity index (χ4v) is 4.89. The fraction of sp³-hybridized carbons (Fsp3) is 0.474. The lowest BCUT2D eigenvalue weighted by atomic mass is 9.79. The van der Waals surface area contributed by atoms with Gasteiger partial charge in [0.2, 0.25) is 0 Å². The molecule has 1 nitrogen and oxygen atoms in total. The van der Waals surface area contributed by atoms with Crippen molar-refractivity contribution in [1.29, 1.82) is 0 Å². The van der Waals surface area contributed by atoms with Crippen LogP contribution >= 0.6 is 0 Å². The Balaban J connectivity index is 1.77. The lowest BCUT2D eigenvalue weighted by molar-refractivity contribution is 0.185. The number of fused-ring (bicyclic) bond motifs is 3. The van der Waals surface area contributed by atoms with Crippen molar-refractivity contribution in [1.82, 2.24) is 4.90 Å². The first-order chi connectivity index (χ1) is 9.74. The standard InChI is InChI=1S/C19H23N/c1-20(2)19-17-10-9-16(12-17)18(19)15-8-7-13-5-3-4-6-14(13)11-15/h3-8,11,16-19H,9-10,12H2,1-2H3/t16-,17-,18+,19-/m0/s1. The first-order valence-corrected chi connectivity index (χ1v) is 7.89. The van der Waals surface area contributed by atoms with Crippen LogP contribution in [0.1, 0.15) is 30.7 Å². The van der Waals surface area contributed by atoms with Crippen molar-refractivity contribution in [2.75, 3.05) is 14.1 Å².